The summed E-state index contributed by atoms with van der Waals surface area (Å²) in [5.74, 6) is -0.646. The van der Waals surface area contributed by atoms with Gasteiger partial charge in [0.15, 0.2) is 6.04 Å². The van der Waals surface area contributed by atoms with Crippen LogP contribution in [0.15, 0.2) is 29.9 Å². The molecular weight excluding hydrogens is 262 g/mol. The molecule has 0 aliphatic rings. The van der Waals surface area contributed by atoms with Crippen molar-refractivity contribution in [2.75, 3.05) is 5.32 Å². The molecule has 1 atom stereocenters. The maximum Gasteiger partial charge on any atom is 0.331 e. The van der Waals surface area contributed by atoms with Crippen LogP contribution >= 0.6 is 22.9 Å². The first kappa shape index (κ1) is 11.8. The summed E-state index contributed by atoms with van der Waals surface area (Å²) in [7, 11) is 0. The van der Waals surface area contributed by atoms with Crippen molar-refractivity contribution < 1.29 is 9.90 Å². The maximum absolute atomic E-state index is 11.2. The monoisotopic (exact) mass is 269 g/mol. The zero-order valence-electron chi connectivity index (χ0n) is 8.50. The number of aromatic nitrogens is 2. The number of halogens is 1. The van der Waals surface area contributed by atoms with Crippen LogP contribution in [-0.4, -0.2) is 21.0 Å². The Hall–Kier alpha value is -1.66. The van der Waals surface area contributed by atoms with Crippen LogP contribution in [0.5, 0.6) is 0 Å². The average molecular weight is 270 g/mol. The van der Waals surface area contributed by atoms with Crippen molar-refractivity contribution in [3.63, 3.8) is 0 Å². The second kappa shape index (κ2) is 5.11. The Bertz CT molecular complexity index is 518. The van der Waals surface area contributed by atoms with Gasteiger partial charge in [0.1, 0.15) is 11.0 Å². The van der Waals surface area contributed by atoms with Crippen LogP contribution in [0.4, 0.5) is 5.82 Å². The summed E-state index contributed by atoms with van der Waals surface area (Å²) in [5, 5.41) is 13.9. The minimum absolute atomic E-state index is 0.213. The third kappa shape index (κ3) is 2.92. The molecule has 2 rings (SSSR count). The first-order valence-corrected chi connectivity index (χ1v) is 5.93. The number of carboxylic acids is 1. The van der Waals surface area contributed by atoms with E-state index in [1.165, 1.54) is 23.7 Å². The zero-order chi connectivity index (χ0) is 12.3. The highest BCUT2D eigenvalue weighted by Gasteiger charge is 2.21. The Morgan fingerprint density at radius 3 is 2.94 bits per heavy atom. The van der Waals surface area contributed by atoms with Gasteiger partial charge in [0, 0.05) is 4.88 Å². The number of nitrogens with one attached hydrogen (secondary N) is 1. The van der Waals surface area contributed by atoms with Gasteiger partial charge in [-0.1, -0.05) is 17.7 Å². The molecule has 0 aliphatic carbocycles. The van der Waals surface area contributed by atoms with Gasteiger partial charge in [-0.05, 0) is 11.4 Å². The van der Waals surface area contributed by atoms with E-state index in [1.807, 2.05) is 5.38 Å². The molecule has 0 fully saturated rings. The van der Waals surface area contributed by atoms with Crippen molar-refractivity contribution in [1.29, 1.82) is 0 Å². The summed E-state index contributed by atoms with van der Waals surface area (Å²) in [6.07, 6.45) is 2.81. The van der Waals surface area contributed by atoms with Gasteiger partial charge >= 0.3 is 5.97 Å². The van der Waals surface area contributed by atoms with Crippen LogP contribution in [0.25, 0.3) is 0 Å². The molecule has 0 aromatic carbocycles. The predicted molar refractivity (Wildman–Crippen MR) is 65.4 cm³/mol. The van der Waals surface area contributed by atoms with Gasteiger partial charge in [0.2, 0.25) is 0 Å². The summed E-state index contributed by atoms with van der Waals surface area (Å²) in [5.41, 5.74) is 0. The Balaban J connectivity index is 2.22. The van der Waals surface area contributed by atoms with Gasteiger partial charge in [0.05, 0.1) is 12.4 Å². The van der Waals surface area contributed by atoms with E-state index in [-0.39, 0.29) is 5.15 Å². The molecule has 0 bridgehead atoms. The van der Waals surface area contributed by atoms with Crippen molar-refractivity contribution in [3.8, 4) is 0 Å². The number of carbonyl (C=O) groups is 1. The molecule has 2 aromatic rings. The molecule has 0 aliphatic heterocycles. The molecule has 5 nitrogen and oxygen atoms in total. The fraction of sp³-hybridized carbons (Fsp3) is 0.100. The van der Waals surface area contributed by atoms with Crippen LogP contribution in [0.1, 0.15) is 10.9 Å². The average Bonchev–Trinajstić information content (AvgIpc) is 2.78. The van der Waals surface area contributed by atoms with Crippen molar-refractivity contribution in [1.82, 2.24) is 9.97 Å². The molecule has 7 heteroatoms. The summed E-state index contributed by atoms with van der Waals surface area (Å²) < 4.78 is 0. The number of thiophene rings is 1. The molecule has 1 unspecified atom stereocenters. The van der Waals surface area contributed by atoms with Crippen LogP contribution in [0.3, 0.4) is 0 Å². The first-order valence-electron chi connectivity index (χ1n) is 4.67. The second-order valence-electron chi connectivity index (χ2n) is 3.16. The SMILES string of the molecule is O=C(O)C(Nc1cncc(Cl)n1)c1cccs1. The standard InChI is InChI=1S/C10H8ClN3O2S/c11-7-4-12-5-8(13-7)14-9(10(15)16)6-2-1-3-17-6/h1-5,9H,(H,13,14)(H,15,16). The minimum Gasteiger partial charge on any atom is -0.479 e. The number of hydrogen-bond acceptors (Lipinski definition) is 5. The molecule has 0 spiro atoms. The van der Waals surface area contributed by atoms with Crippen LogP contribution in [-0.2, 0) is 4.79 Å². The van der Waals surface area contributed by atoms with Crippen molar-refractivity contribution in [2.45, 2.75) is 6.04 Å². The van der Waals surface area contributed by atoms with Gasteiger partial charge in [0.25, 0.3) is 0 Å². The molecule has 88 valence electrons. The molecule has 0 saturated carbocycles. The molecular formula is C10H8ClN3O2S. The zero-order valence-corrected chi connectivity index (χ0v) is 10.1. The Kier molecular flexibility index (Phi) is 3.55. The fourth-order valence-electron chi connectivity index (χ4n) is 1.27. The van der Waals surface area contributed by atoms with Gasteiger partial charge in [-0.2, -0.15) is 0 Å². The van der Waals surface area contributed by atoms with Crippen molar-refractivity contribution in [3.05, 3.63) is 39.9 Å². The van der Waals surface area contributed by atoms with E-state index >= 15 is 0 Å². The molecule has 17 heavy (non-hydrogen) atoms. The summed E-state index contributed by atoms with van der Waals surface area (Å²) in [6.45, 7) is 0. The fourth-order valence-corrected chi connectivity index (χ4v) is 2.18. The smallest absolute Gasteiger partial charge is 0.331 e. The highest BCUT2D eigenvalue weighted by molar-refractivity contribution is 7.10. The number of rotatable bonds is 4. The summed E-state index contributed by atoms with van der Waals surface area (Å²) in [6, 6.07) is 2.69. The minimum atomic E-state index is -0.978. The van der Waals surface area contributed by atoms with E-state index in [9.17, 15) is 4.79 Å². The lowest BCUT2D eigenvalue weighted by Crippen LogP contribution is -2.20. The molecule has 2 aromatic heterocycles. The number of hydrogen-bond donors (Lipinski definition) is 2. The second-order valence-corrected chi connectivity index (χ2v) is 4.52. The van der Waals surface area contributed by atoms with Crippen LogP contribution in [0.2, 0.25) is 5.15 Å². The lowest BCUT2D eigenvalue weighted by Gasteiger charge is -2.12. The highest BCUT2D eigenvalue weighted by Crippen LogP contribution is 2.23. The van der Waals surface area contributed by atoms with Gasteiger partial charge in [-0.25, -0.2) is 9.78 Å². The maximum atomic E-state index is 11.2. The predicted octanol–water partition coefficient (Wildman–Crippen LogP) is 2.43. The number of carboxylic acid groups (broad SMARTS) is 1. The number of nitrogens with zero attached hydrogens (tertiary/aromatic N) is 2. The Labute approximate surface area is 106 Å². The Morgan fingerprint density at radius 1 is 1.53 bits per heavy atom. The molecule has 0 saturated heterocycles. The topological polar surface area (TPSA) is 75.1 Å². The van der Waals surface area contributed by atoms with E-state index in [2.05, 4.69) is 15.3 Å². The quantitative estimate of drug-likeness (QED) is 0.892. The largest absolute Gasteiger partial charge is 0.479 e. The molecule has 0 radical (unpaired) electrons. The summed E-state index contributed by atoms with van der Waals surface area (Å²) >= 11 is 7.03. The third-order valence-electron chi connectivity index (χ3n) is 1.97. The lowest BCUT2D eigenvalue weighted by atomic mass is 10.2. The third-order valence-corrected chi connectivity index (χ3v) is 3.09. The summed E-state index contributed by atoms with van der Waals surface area (Å²) in [4.78, 5) is 19.6. The van der Waals surface area contributed by atoms with Crippen molar-refractivity contribution in [2.24, 2.45) is 0 Å². The van der Waals surface area contributed by atoms with Crippen molar-refractivity contribution >= 4 is 34.7 Å². The normalized spacial score (nSPS) is 12.1. The van der Waals surface area contributed by atoms with E-state index in [4.69, 9.17) is 16.7 Å². The van der Waals surface area contributed by atoms with E-state index in [0.717, 1.165) is 0 Å². The van der Waals surface area contributed by atoms with Gasteiger partial charge in [-0.3, -0.25) is 4.98 Å². The lowest BCUT2D eigenvalue weighted by molar-refractivity contribution is -0.138. The van der Waals surface area contributed by atoms with Crippen LogP contribution < -0.4 is 5.32 Å². The van der Waals surface area contributed by atoms with Crippen LogP contribution in [0, 0.1) is 0 Å². The Morgan fingerprint density at radius 2 is 2.35 bits per heavy atom. The first-order chi connectivity index (χ1) is 8.16. The van der Waals surface area contributed by atoms with E-state index in [1.54, 1.807) is 12.1 Å². The van der Waals surface area contributed by atoms with Gasteiger partial charge in [-0.15, -0.1) is 11.3 Å². The van der Waals surface area contributed by atoms with E-state index in [0.29, 0.717) is 10.7 Å². The molecule has 0 amide bonds. The highest BCUT2D eigenvalue weighted by atomic mass is 35.5. The van der Waals surface area contributed by atoms with Gasteiger partial charge < -0.3 is 10.4 Å². The number of anilines is 1. The molecule has 2 heterocycles. The number of aliphatic carboxylic acids is 1. The van der Waals surface area contributed by atoms with E-state index < -0.39 is 12.0 Å². The molecule has 2 N–H and O–H groups in total.